The minimum Gasteiger partial charge on any atom is -0.371 e. The van der Waals surface area contributed by atoms with Gasteiger partial charge in [-0.3, -0.25) is 9.59 Å². The average Bonchev–Trinajstić information content (AvgIpc) is 2.73. The molecule has 0 atom stereocenters. The second-order valence-electron chi connectivity index (χ2n) is 8.44. The van der Waals surface area contributed by atoms with E-state index in [4.69, 9.17) is 11.6 Å². The summed E-state index contributed by atoms with van der Waals surface area (Å²) in [4.78, 5) is 27.9. The Balaban J connectivity index is 1.86. The van der Waals surface area contributed by atoms with Crippen LogP contribution in [-0.2, 0) is 0 Å². The quantitative estimate of drug-likeness (QED) is 0.664. The van der Waals surface area contributed by atoms with Crippen LogP contribution in [0, 0.1) is 11.8 Å². The number of halogens is 1. The summed E-state index contributed by atoms with van der Waals surface area (Å²) in [7, 11) is 0. The maximum atomic E-state index is 13.0. The van der Waals surface area contributed by atoms with E-state index in [2.05, 4.69) is 36.3 Å². The summed E-state index contributed by atoms with van der Waals surface area (Å²) in [5.41, 5.74) is 2.48. The van der Waals surface area contributed by atoms with Gasteiger partial charge in [-0.05, 0) is 55.0 Å². The predicted octanol–water partition coefficient (Wildman–Crippen LogP) is 5.21. The number of amides is 2. The maximum absolute atomic E-state index is 13.0. The molecule has 0 unspecified atom stereocenters. The van der Waals surface area contributed by atoms with Crippen molar-refractivity contribution < 1.29 is 9.59 Å². The number of rotatable bonds is 6. The third-order valence-electron chi connectivity index (χ3n) is 5.41. The fraction of sp³-hybridized carbons (Fsp3) is 0.417. The summed E-state index contributed by atoms with van der Waals surface area (Å²) in [5, 5.41) is 6.28. The topological polar surface area (TPSA) is 61.4 Å². The number of carbonyl (C=O) groups is 2. The van der Waals surface area contributed by atoms with Crippen LogP contribution >= 0.6 is 11.6 Å². The number of hydrogen-bond acceptors (Lipinski definition) is 3. The Morgan fingerprint density at radius 2 is 1.77 bits per heavy atom. The van der Waals surface area contributed by atoms with Crippen LogP contribution in [0.4, 0.5) is 11.4 Å². The molecule has 1 aliphatic rings. The molecule has 2 aromatic rings. The Kier molecular flexibility index (Phi) is 7.38. The van der Waals surface area contributed by atoms with Crippen LogP contribution in [0.3, 0.4) is 0 Å². The monoisotopic (exact) mass is 427 g/mol. The van der Waals surface area contributed by atoms with Crippen molar-refractivity contribution in [2.24, 2.45) is 11.8 Å². The molecule has 1 heterocycles. The van der Waals surface area contributed by atoms with Gasteiger partial charge in [0.05, 0.1) is 16.1 Å². The van der Waals surface area contributed by atoms with Gasteiger partial charge in [0.25, 0.3) is 11.8 Å². The summed E-state index contributed by atoms with van der Waals surface area (Å²) >= 11 is 6.14. The van der Waals surface area contributed by atoms with E-state index < -0.39 is 0 Å². The van der Waals surface area contributed by atoms with Crippen LogP contribution in [0.5, 0.6) is 0 Å². The van der Waals surface area contributed by atoms with Gasteiger partial charge in [0, 0.05) is 31.0 Å². The molecule has 30 heavy (non-hydrogen) atoms. The van der Waals surface area contributed by atoms with E-state index in [1.807, 2.05) is 12.1 Å². The second-order valence-corrected chi connectivity index (χ2v) is 8.85. The highest BCUT2D eigenvalue weighted by atomic mass is 35.5. The predicted molar refractivity (Wildman–Crippen MR) is 124 cm³/mol. The molecule has 0 spiro atoms. The van der Waals surface area contributed by atoms with E-state index in [0.29, 0.717) is 40.2 Å². The number of hydrogen-bond donors (Lipinski definition) is 2. The number of anilines is 2. The first-order valence-corrected chi connectivity index (χ1v) is 11.0. The summed E-state index contributed by atoms with van der Waals surface area (Å²) in [5.74, 6) is 0.643. The molecule has 160 valence electrons. The Bertz CT molecular complexity index is 905. The minimum absolute atomic E-state index is 0.119. The SMILES string of the molecule is CC(C)CNC(=O)c1cc(NC(=O)c2ccccc2Cl)ccc1N1CCC(C)CC1. The van der Waals surface area contributed by atoms with Gasteiger partial charge in [0.15, 0.2) is 0 Å². The molecular formula is C24H30ClN3O2. The molecule has 0 aromatic heterocycles. The normalized spacial score (nSPS) is 14.6. The van der Waals surface area contributed by atoms with Crippen molar-refractivity contribution in [3.05, 3.63) is 58.6 Å². The van der Waals surface area contributed by atoms with E-state index in [0.717, 1.165) is 31.6 Å². The fourth-order valence-electron chi connectivity index (χ4n) is 3.56. The molecule has 5 nitrogen and oxygen atoms in total. The van der Waals surface area contributed by atoms with E-state index in [1.165, 1.54) is 0 Å². The second kappa shape index (κ2) is 9.98. The molecule has 0 saturated carbocycles. The van der Waals surface area contributed by atoms with Gasteiger partial charge in [-0.2, -0.15) is 0 Å². The third-order valence-corrected chi connectivity index (χ3v) is 5.74. The highest BCUT2D eigenvalue weighted by Gasteiger charge is 2.22. The zero-order valence-electron chi connectivity index (χ0n) is 17.9. The van der Waals surface area contributed by atoms with Crippen molar-refractivity contribution in [1.82, 2.24) is 5.32 Å². The largest absolute Gasteiger partial charge is 0.371 e. The van der Waals surface area contributed by atoms with Crippen LogP contribution < -0.4 is 15.5 Å². The molecule has 2 N–H and O–H groups in total. The van der Waals surface area contributed by atoms with Crippen LogP contribution in [0.15, 0.2) is 42.5 Å². The molecule has 0 bridgehead atoms. The molecule has 3 rings (SSSR count). The van der Waals surface area contributed by atoms with Crippen molar-refractivity contribution in [2.75, 3.05) is 29.9 Å². The number of piperidine rings is 1. The highest BCUT2D eigenvalue weighted by molar-refractivity contribution is 6.34. The van der Waals surface area contributed by atoms with E-state index in [9.17, 15) is 9.59 Å². The first-order valence-electron chi connectivity index (χ1n) is 10.6. The van der Waals surface area contributed by atoms with E-state index in [-0.39, 0.29) is 11.8 Å². The number of benzene rings is 2. The van der Waals surface area contributed by atoms with Crippen LogP contribution in [0.25, 0.3) is 0 Å². The van der Waals surface area contributed by atoms with Gasteiger partial charge in [0.2, 0.25) is 0 Å². The zero-order chi connectivity index (χ0) is 21.7. The Morgan fingerprint density at radius 3 is 2.43 bits per heavy atom. The molecule has 0 aliphatic carbocycles. The van der Waals surface area contributed by atoms with Crippen LogP contribution in [0.1, 0.15) is 54.3 Å². The van der Waals surface area contributed by atoms with Gasteiger partial charge in [0.1, 0.15) is 0 Å². The molecule has 2 amide bonds. The lowest BCUT2D eigenvalue weighted by Crippen LogP contribution is -2.35. The number of nitrogens with zero attached hydrogens (tertiary/aromatic N) is 1. The summed E-state index contributed by atoms with van der Waals surface area (Å²) in [6.07, 6.45) is 2.22. The maximum Gasteiger partial charge on any atom is 0.257 e. The minimum atomic E-state index is -0.298. The zero-order valence-corrected chi connectivity index (χ0v) is 18.6. The Hall–Kier alpha value is -2.53. The molecule has 1 saturated heterocycles. The summed E-state index contributed by atoms with van der Waals surface area (Å²) in [6.45, 7) is 8.85. The third kappa shape index (κ3) is 5.54. The fourth-order valence-corrected chi connectivity index (χ4v) is 3.78. The Labute approximate surface area is 183 Å². The smallest absolute Gasteiger partial charge is 0.257 e. The van der Waals surface area contributed by atoms with Crippen LogP contribution in [-0.4, -0.2) is 31.4 Å². The average molecular weight is 428 g/mol. The Morgan fingerprint density at radius 1 is 1.07 bits per heavy atom. The van der Waals surface area contributed by atoms with E-state index >= 15 is 0 Å². The lowest BCUT2D eigenvalue weighted by atomic mass is 9.97. The lowest BCUT2D eigenvalue weighted by Gasteiger charge is -2.33. The first-order chi connectivity index (χ1) is 14.3. The molecule has 2 aromatic carbocycles. The van der Waals surface area contributed by atoms with Gasteiger partial charge in [-0.1, -0.05) is 44.5 Å². The summed E-state index contributed by atoms with van der Waals surface area (Å²) in [6, 6.07) is 12.5. The van der Waals surface area contributed by atoms with E-state index in [1.54, 1.807) is 30.3 Å². The standard InChI is InChI=1S/C24H30ClN3O2/c1-16(2)15-26-23(29)20-14-18(27-24(30)19-6-4-5-7-21(19)25)8-9-22(20)28-12-10-17(3)11-13-28/h4-9,14,16-17H,10-13,15H2,1-3H3,(H,26,29)(H,27,30). The van der Waals surface area contributed by atoms with Crippen molar-refractivity contribution >= 4 is 34.8 Å². The lowest BCUT2D eigenvalue weighted by molar-refractivity contribution is 0.0948. The van der Waals surface area contributed by atoms with Crippen molar-refractivity contribution in [3.8, 4) is 0 Å². The molecule has 1 aliphatic heterocycles. The highest BCUT2D eigenvalue weighted by Crippen LogP contribution is 2.29. The molecule has 1 fully saturated rings. The van der Waals surface area contributed by atoms with Crippen molar-refractivity contribution in [2.45, 2.75) is 33.6 Å². The van der Waals surface area contributed by atoms with Gasteiger partial charge in [-0.25, -0.2) is 0 Å². The van der Waals surface area contributed by atoms with Gasteiger partial charge < -0.3 is 15.5 Å². The number of carbonyl (C=O) groups excluding carboxylic acids is 2. The molecule has 6 heteroatoms. The van der Waals surface area contributed by atoms with Crippen molar-refractivity contribution in [1.29, 1.82) is 0 Å². The molecular weight excluding hydrogens is 398 g/mol. The van der Waals surface area contributed by atoms with Gasteiger partial charge >= 0.3 is 0 Å². The van der Waals surface area contributed by atoms with Crippen LogP contribution in [0.2, 0.25) is 5.02 Å². The first kappa shape index (κ1) is 22.2. The van der Waals surface area contributed by atoms with Gasteiger partial charge in [-0.15, -0.1) is 0 Å². The molecule has 0 radical (unpaired) electrons. The summed E-state index contributed by atoms with van der Waals surface area (Å²) < 4.78 is 0. The van der Waals surface area contributed by atoms with Crippen molar-refractivity contribution in [3.63, 3.8) is 0 Å². The number of nitrogens with one attached hydrogen (secondary N) is 2.